The van der Waals surface area contributed by atoms with Gasteiger partial charge in [0.05, 0.1) is 12.2 Å². The smallest absolute Gasteiger partial charge is 0.410 e. The van der Waals surface area contributed by atoms with Crippen molar-refractivity contribution in [1.82, 2.24) is 15.1 Å². The van der Waals surface area contributed by atoms with Gasteiger partial charge in [0.25, 0.3) is 0 Å². The summed E-state index contributed by atoms with van der Waals surface area (Å²) in [5, 5.41) is 2.68. The molecule has 0 aliphatic carbocycles. The van der Waals surface area contributed by atoms with Crippen LogP contribution in [0.2, 0.25) is 0 Å². The summed E-state index contributed by atoms with van der Waals surface area (Å²) in [6.45, 7) is 13.5. The van der Waals surface area contributed by atoms with Gasteiger partial charge in [-0.2, -0.15) is 0 Å². The number of hydrogen-bond donors (Lipinski definition) is 1. The first-order valence-corrected chi connectivity index (χ1v) is 16.1. The highest BCUT2D eigenvalue weighted by Gasteiger charge is 2.31. The van der Waals surface area contributed by atoms with E-state index in [2.05, 4.69) is 5.32 Å². The maximum absolute atomic E-state index is 15.4. The first-order valence-electron chi connectivity index (χ1n) is 16.1. The van der Waals surface area contributed by atoms with E-state index in [0.29, 0.717) is 43.2 Å². The molecule has 3 amide bonds. The zero-order chi connectivity index (χ0) is 32.7. The molecule has 9 nitrogen and oxygen atoms in total. The number of nitrogens with zero attached hydrogens (tertiary/aromatic N) is 2. The van der Waals surface area contributed by atoms with Crippen molar-refractivity contribution in [3.63, 3.8) is 0 Å². The topological polar surface area (TPSA) is 97.4 Å². The average molecular weight is 626 g/mol. The van der Waals surface area contributed by atoms with Crippen LogP contribution in [0.25, 0.3) is 11.1 Å². The molecule has 2 atom stereocenters. The van der Waals surface area contributed by atoms with Crippen molar-refractivity contribution in [2.24, 2.45) is 5.92 Å². The summed E-state index contributed by atoms with van der Waals surface area (Å²) in [4.78, 5) is 41.4. The first-order chi connectivity index (χ1) is 21.3. The number of likely N-dealkylation sites (tertiary alicyclic amines) is 2. The number of alkyl carbamates (subject to hydrolysis) is 1. The lowest BCUT2D eigenvalue weighted by molar-refractivity contribution is -0.132. The minimum absolute atomic E-state index is 0.0171. The van der Waals surface area contributed by atoms with Crippen LogP contribution >= 0.6 is 0 Å². The molecule has 0 bridgehead atoms. The number of halogens is 1. The third-order valence-corrected chi connectivity index (χ3v) is 8.19. The molecule has 4 rings (SSSR count). The number of piperidine rings is 1. The molecule has 0 spiro atoms. The van der Waals surface area contributed by atoms with Crippen molar-refractivity contribution in [1.29, 1.82) is 0 Å². The van der Waals surface area contributed by atoms with Crippen LogP contribution in [0.3, 0.4) is 0 Å². The highest BCUT2D eigenvalue weighted by molar-refractivity contribution is 5.86. The number of carbonyl (C=O) groups excluding carboxylic acids is 3. The maximum Gasteiger partial charge on any atom is 0.410 e. The molecule has 2 aliphatic rings. The molecule has 2 aromatic rings. The highest BCUT2D eigenvalue weighted by Crippen LogP contribution is 2.28. The molecule has 45 heavy (non-hydrogen) atoms. The SMILES string of the molecule is CC(C)OC(=O)N1CCC(C(C)Oc2ccc(-c3ccc(CC(NC(=O)OC(C)(C)C)C(=O)N4CCCC4)c(F)c3)cc2)CC1. The second-order valence-corrected chi connectivity index (χ2v) is 13.3. The molecule has 2 aromatic carbocycles. The van der Waals surface area contributed by atoms with Crippen LogP contribution in [-0.2, 0) is 20.7 Å². The molecule has 2 aliphatic heterocycles. The van der Waals surface area contributed by atoms with E-state index < -0.39 is 23.6 Å². The fourth-order valence-corrected chi connectivity index (χ4v) is 5.78. The molecule has 2 saturated heterocycles. The molecule has 0 saturated carbocycles. The Balaban J connectivity index is 1.36. The Morgan fingerprint density at radius 2 is 1.53 bits per heavy atom. The van der Waals surface area contributed by atoms with E-state index >= 15 is 4.39 Å². The first kappa shape index (κ1) is 34.1. The summed E-state index contributed by atoms with van der Waals surface area (Å²) in [5.41, 5.74) is 1.14. The molecule has 2 fully saturated rings. The zero-order valence-corrected chi connectivity index (χ0v) is 27.4. The van der Waals surface area contributed by atoms with Gasteiger partial charge < -0.3 is 29.3 Å². The van der Waals surface area contributed by atoms with E-state index in [1.807, 2.05) is 51.1 Å². The van der Waals surface area contributed by atoms with Crippen LogP contribution in [0.5, 0.6) is 5.75 Å². The van der Waals surface area contributed by atoms with E-state index in [1.54, 1.807) is 36.6 Å². The number of benzene rings is 2. The van der Waals surface area contributed by atoms with Gasteiger partial charge in [0.1, 0.15) is 23.2 Å². The lowest BCUT2D eigenvalue weighted by Gasteiger charge is -2.34. The Bertz CT molecular complexity index is 1310. The third-order valence-electron chi connectivity index (χ3n) is 8.19. The molecule has 1 N–H and O–H groups in total. The summed E-state index contributed by atoms with van der Waals surface area (Å²) in [7, 11) is 0. The summed E-state index contributed by atoms with van der Waals surface area (Å²) in [6.07, 6.45) is 2.40. The average Bonchev–Trinajstić information content (AvgIpc) is 3.52. The minimum Gasteiger partial charge on any atom is -0.490 e. The van der Waals surface area contributed by atoms with Gasteiger partial charge in [-0.05, 0) is 108 Å². The summed E-state index contributed by atoms with van der Waals surface area (Å²) in [5.74, 6) is 0.364. The van der Waals surface area contributed by atoms with E-state index in [9.17, 15) is 14.4 Å². The van der Waals surface area contributed by atoms with Gasteiger partial charge in [-0.1, -0.05) is 24.3 Å². The number of ether oxygens (including phenoxy) is 3. The summed E-state index contributed by atoms with van der Waals surface area (Å²) < 4.78 is 32.3. The quantitative estimate of drug-likeness (QED) is 0.338. The fourth-order valence-electron chi connectivity index (χ4n) is 5.78. The van der Waals surface area contributed by atoms with Gasteiger partial charge in [0.2, 0.25) is 5.91 Å². The van der Waals surface area contributed by atoms with Gasteiger partial charge in [0.15, 0.2) is 0 Å². The zero-order valence-electron chi connectivity index (χ0n) is 27.4. The number of nitrogens with one attached hydrogen (secondary N) is 1. The van der Waals surface area contributed by atoms with E-state index in [-0.39, 0.29) is 30.6 Å². The Hall–Kier alpha value is -3.82. The molecular formula is C35H48FN3O6. The Morgan fingerprint density at radius 3 is 2.11 bits per heavy atom. The van der Waals surface area contributed by atoms with Crippen molar-refractivity contribution < 1.29 is 33.0 Å². The van der Waals surface area contributed by atoms with Gasteiger partial charge in [-0.25, -0.2) is 14.0 Å². The van der Waals surface area contributed by atoms with Crippen molar-refractivity contribution in [2.45, 2.75) is 97.5 Å². The van der Waals surface area contributed by atoms with E-state index in [1.165, 1.54) is 6.07 Å². The molecule has 0 aromatic heterocycles. The van der Waals surface area contributed by atoms with Gasteiger partial charge in [-0.15, -0.1) is 0 Å². The van der Waals surface area contributed by atoms with Crippen LogP contribution in [0, 0.1) is 11.7 Å². The Kier molecular flexibility index (Phi) is 11.3. The molecule has 2 unspecified atom stereocenters. The van der Waals surface area contributed by atoms with Crippen LogP contribution in [-0.4, -0.2) is 77.9 Å². The predicted octanol–water partition coefficient (Wildman–Crippen LogP) is 6.58. The lowest BCUT2D eigenvalue weighted by atomic mass is 9.92. The maximum atomic E-state index is 15.4. The van der Waals surface area contributed by atoms with E-state index in [4.69, 9.17) is 14.2 Å². The number of rotatable bonds is 9. The Labute approximate surface area is 266 Å². The second-order valence-electron chi connectivity index (χ2n) is 13.3. The van der Waals surface area contributed by atoms with Gasteiger partial charge in [0, 0.05) is 32.6 Å². The normalized spacial score (nSPS) is 17.2. The van der Waals surface area contributed by atoms with Gasteiger partial charge in [-0.3, -0.25) is 4.79 Å². The fraction of sp³-hybridized carbons (Fsp3) is 0.571. The number of amides is 3. The highest BCUT2D eigenvalue weighted by atomic mass is 19.1. The lowest BCUT2D eigenvalue weighted by Crippen LogP contribution is -2.50. The Morgan fingerprint density at radius 1 is 0.911 bits per heavy atom. The second kappa shape index (κ2) is 15.0. The largest absolute Gasteiger partial charge is 0.490 e. The number of hydrogen-bond acceptors (Lipinski definition) is 6. The van der Waals surface area contributed by atoms with Crippen LogP contribution in [0.15, 0.2) is 42.5 Å². The molecule has 10 heteroatoms. The summed E-state index contributed by atoms with van der Waals surface area (Å²) >= 11 is 0. The summed E-state index contributed by atoms with van der Waals surface area (Å²) in [6, 6.07) is 11.6. The van der Waals surface area contributed by atoms with Crippen molar-refractivity contribution in [2.75, 3.05) is 26.2 Å². The minimum atomic E-state index is -0.933. The van der Waals surface area contributed by atoms with Crippen molar-refractivity contribution >= 4 is 18.1 Å². The van der Waals surface area contributed by atoms with Crippen LogP contribution in [0.1, 0.15) is 72.8 Å². The van der Waals surface area contributed by atoms with Gasteiger partial charge >= 0.3 is 12.2 Å². The van der Waals surface area contributed by atoms with Crippen LogP contribution in [0.4, 0.5) is 14.0 Å². The third kappa shape index (κ3) is 9.83. The molecule has 2 heterocycles. The standard InChI is InChI=1S/C35H48FN3O6/c1-23(2)43-34(42)39-19-15-25(16-20-39)24(3)44-29-13-11-26(12-14-29)27-9-10-28(30(36)21-27)22-31(32(40)38-17-7-8-18-38)37-33(41)45-35(4,5)6/h9-14,21,23-25,31H,7-8,15-20,22H2,1-6H3,(H,37,41). The van der Waals surface area contributed by atoms with Crippen LogP contribution < -0.4 is 10.1 Å². The molecule has 0 radical (unpaired) electrons. The van der Waals surface area contributed by atoms with E-state index in [0.717, 1.165) is 37.0 Å². The monoisotopic (exact) mass is 625 g/mol. The number of carbonyl (C=O) groups is 3. The molecule has 246 valence electrons. The predicted molar refractivity (Wildman–Crippen MR) is 171 cm³/mol. The molecular weight excluding hydrogens is 577 g/mol. The van der Waals surface area contributed by atoms with Crippen molar-refractivity contribution in [3.05, 3.63) is 53.8 Å². The van der Waals surface area contributed by atoms with Crippen molar-refractivity contribution in [3.8, 4) is 16.9 Å².